The summed E-state index contributed by atoms with van der Waals surface area (Å²) in [5.74, 6) is -1.11. The highest BCUT2D eigenvalue weighted by Crippen LogP contribution is 2.28. The summed E-state index contributed by atoms with van der Waals surface area (Å²) in [6, 6.07) is 9.46. The summed E-state index contributed by atoms with van der Waals surface area (Å²) in [7, 11) is 0. The Labute approximate surface area is 173 Å². The van der Waals surface area contributed by atoms with E-state index in [4.69, 9.17) is 11.5 Å². The number of carbonyl (C=O) groups is 1. The summed E-state index contributed by atoms with van der Waals surface area (Å²) in [6.07, 6.45) is 5.22. The summed E-state index contributed by atoms with van der Waals surface area (Å²) in [5.41, 5.74) is 14.4. The zero-order chi connectivity index (χ0) is 21.1. The second-order valence-electron chi connectivity index (χ2n) is 7.18. The van der Waals surface area contributed by atoms with Crippen molar-refractivity contribution in [1.29, 1.82) is 0 Å². The van der Waals surface area contributed by atoms with Crippen molar-refractivity contribution in [3.8, 4) is 11.4 Å². The number of hydrogen-bond acceptors (Lipinski definition) is 7. The molecule has 1 aliphatic rings. The van der Waals surface area contributed by atoms with Crippen LogP contribution >= 0.6 is 0 Å². The first-order valence-electron chi connectivity index (χ1n) is 9.66. The fourth-order valence-corrected chi connectivity index (χ4v) is 3.51. The molecule has 4 rings (SSSR count). The smallest absolute Gasteiger partial charge is 0.276 e. The number of nitrogen functional groups attached to an aromatic ring is 1. The minimum Gasteiger partial charge on any atom is -0.397 e. The van der Waals surface area contributed by atoms with Crippen LogP contribution in [-0.2, 0) is 0 Å². The number of hydrogen-bond donors (Lipinski definition) is 3. The number of aromatic nitrogens is 3. The van der Waals surface area contributed by atoms with Crippen LogP contribution in [-0.4, -0.2) is 40.0 Å². The maximum absolute atomic E-state index is 13.5. The highest BCUT2D eigenvalue weighted by Gasteiger charge is 2.21. The molecule has 9 heteroatoms. The number of pyridine rings is 3. The standard InChI is InChI=1S/C21H22FN7O/c22-19-5-1-4-15(26-19)16-7-6-14(24)20(27-16)21(30)28-17-11-25-9-8-18(17)29-10-2-3-13(23)12-29/h1,4-9,11,13H,2-3,10,12,23-24H2,(H,28,30)/t13-/m0/s1. The first kappa shape index (κ1) is 19.7. The van der Waals surface area contributed by atoms with Crippen molar-refractivity contribution >= 4 is 23.0 Å². The number of halogens is 1. The fraction of sp³-hybridized carbons (Fsp3) is 0.238. The Balaban J connectivity index is 1.61. The van der Waals surface area contributed by atoms with Gasteiger partial charge in [0.25, 0.3) is 5.91 Å². The molecule has 1 saturated heterocycles. The third kappa shape index (κ3) is 4.20. The topological polar surface area (TPSA) is 123 Å². The fourth-order valence-electron chi connectivity index (χ4n) is 3.51. The van der Waals surface area contributed by atoms with E-state index < -0.39 is 11.9 Å². The van der Waals surface area contributed by atoms with Gasteiger partial charge in [0.05, 0.1) is 34.6 Å². The largest absolute Gasteiger partial charge is 0.397 e. The lowest BCUT2D eigenvalue weighted by molar-refractivity contribution is 0.102. The monoisotopic (exact) mass is 407 g/mol. The van der Waals surface area contributed by atoms with Crippen LogP contribution in [0.3, 0.4) is 0 Å². The summed E-state index contributed by atoms with van der Waals surface area (Å²) < 4.78 is 13.5. The Hall–Kier alpha value is -3.59. The first-order chi connectivity index (χ1) is 14.5. The van der Waals surface area contributed by atoms with Gasteiger partial charge in [0, 0.05) is 25.3 Å². The number of carbonyl (C=O) groups excluding carboxylic acids is 1. The van der Waals surface area contributed by atoms with Crippen molar-refractivity contribution in [2.24, 2.45) is 5.73 Å². The zero-order valence-electron chi connectivity index (χ0n) is 16.3. The van der Waals surface area contributed by atoms with Crippen molar-refractivity contribution in [2.75, 3.05) is 29.0 Å². The van der Waals surface area contributed by atoms with E-state index >= 15 is 0 Å². The average Bonchev–Trinajstić information content (AvgIpc) is 2.74. The van der Waals surface area contributed by atoms with E-state index in [1.54, 1.807) is 30.6 Å². The molecule has 0 spiro atoms. The van der Waals surface area contributed by atoms with Crippen LogP contribution in [0.25, 0.3) is 11.4 Å². The van der Waals surface area contributed by atoms with Gasteiger partial charge in [-0.3, -0.25) is 9.78 Å². The minimum atomic E-state index is -0.628. The van der Waals surface area contributed by atoms with E-state index in [1.807, 2.05) is 6.07 Å². The molecule has 0 radical (unpaired) electrons. The Kier molecular flexibility index (Phi) is 5.53. The second-order valence-corrected chi connectivity index (χ2v) is 7.18. The molecule has 1 atom stereocenters. The van der Waals surface area contributed by atoms with Gasteiger partial charge in [-0.2, -0.15) is 4.39 Å². The van der Waals surface area contributed by atoms with Crippen LogP contribution in [0.1, 0.15) is 23.3 Å². The van der Waals surface area contributed by atoms with E-state index in [1.165, 1.54) is 12.1 Å². The molecule has 0 unspecified atom stereocenters. The molecule has 5 N–H and O–H groups in total. The SMILES string of the molecule is Nc1ccc(-c2cccc(F)n2)nc1C(=O)Nc1cnccc1N1CCC[C@H](N)C1. The normalized spacial score (nSPS) is 16.3. The lowest BCUT2D eigenvalue weighted by Crippen LogP contribution is -2.43. The molecule has 30 heavy (non-hydrogen) atoms. The molecule has 1 fully saturated rings. The predicted molar refractivity (Wildman–Crippen MR) is 113 cm³/mol. The van der Waals surface area contributed by atoms with Crippen molar-refractivity contribution in [3.05, 3.63) is 60.4 Å². The molecular weight excluding hydrogens is 385 g/mol. The molecule has 1 aliphatic heterocycles. The molecule has 3 aromatic rings. The van der Waals surface area contributed by atoms with Gasteiger partial charge < -0.3 is 21.7 Å². The van der Waals surface area contributed by atoms with E-state index in [9.17, 15) is 9.18 Å². The molecular formula is C21H22FN7O. The van der Waals surface area contributed by atoms with Gasteiger partial charge in [-0.05, 0) is 43.2 Å². The lowest BCUT2D eigenvalue weighted by Gasteiger charge is -2.33. The van der Waals surface area contributed by atoms with Crippen LogP contribution in [0, 0.1) is 5.95 Å². The number of nitrogens with two attached hydrogens (primary N) is 2. The second kappa shape index (κ2) is 8.42. The van der Waals surface area contributed by atoms with E-state index in [0.29, 0.717) is 23.6 Å². The van der Waals surface area contributed by atoms with Crippen LogP contribution < -0.4 is 21.7 Å². The van der Waals surface area contributed by atoms with E-state index in [2.05, 4.69) is 25.2 Å². The van der Waals surface area contributed by atoms with Gasteiger partial charge in [0.15, 0.2) is 5.69 Å². The summed E-state index contributed by atoms with van der Waals surface area (Å²) >= 11 is 0. The molecule has 0 bridgehead atoms. The van der Waals surface area contributed by atoms with Crippen molar-refractivity contribution in [2.45, 2.75) is 18.9 Å². The van der Waals surface area contributed by atoms with Crippen LogP contribution in [0.5, 0.6) is 0 Å². The molecule has 0 aromatic carbocycles. The van der Waals surface area contributed by atoms with Gasteiger partial charge in [-0.1, -0.05) is 6.07 Å². The highest BCUT2D eigenvalue weighted by molar-refractivity contribution is 6.07. The van der Waals surface area contributed by atoms with Gasteiger partial charge >= 0.3 is 0 Å². The third-order valence-electron chi connectivity index (χ3n) is 4.96. The predicted octanol–water partition coefficient (Wildman–Crippen LogP) is 2.44. The van der Waals surface area contributed by atoms with Gasteiger partial charge in [-0.15, -0.1) is 0 Å². The van der Waals surface area contributed by atoms with Crippen LogP contribution in [0.2, 0.25) is 0 Å². The van der Waals surface area contributed by atoms with Crippen molar-refractivity contribution in [3.63, 3.8) is 0 Å². The third-order valence-corrected chi connectivity index (χ3v) is 4.96. The van der Waals surface area contributed by atoms with Crippen molar-refractivity contribution < 1.29 is 9.18 Å². The number of nitrogens with zero attached hydrogens (tertiary/aromatic N) is 4. The highest BCUT2D eigenvalue weighted by atomic mass is 19.1. The molecule has 4 heterocycles. The molecule has 8 nitrogen and oxygen atoms in total. The average molecular weight is 407 g/mol. The molecule has 154 valence electrons. The maximum Gasteiger partial charge on any atom is 0.276 e. The van der Waals surface area contributed by atoms with Crippen LogP contribution in [0.4, 0.5) is 21.5 Å². The summed E-state index contributed by atoms with van der Waals surface area (Å²) in [6.45, 7) is 1.55. The lowest BCUT2D eigenvalue weighted by atomic mass is 10.1. The molecule has 0 saturated carbocycles. The number of piperidine rings is 1. The van der Waals surface area contributed by atoms with Gasteiger partial charge in [0.1, 0.15) is 0 Å². The number of nitrogens with one attached hydrogen (secondary N) is 1. The first-order valence-corrected chi connectivity index (χ1v) is 9.66. The van der Waals surface area contributed by atoms with Gasteiger partial charge in [-0.25, -0.2) is 9.97 Å². The number of amides is 1. The van der Waals surface area contributed by atoms with E-state index in [0.717, 1.165) is 25.1 Å². The van der Waals surface area contributed by atoms with Gasteiger partial charge in [0.2, 0.25) is 5.95 Å². The Morgan fingerprint density at radius 2 is 2.00 bits per heavy atom. The number of rotatable bonds is 4. The maximum atomic E-state index is 13.5. The number of anilines is 3. The Morgan fingerprint density at radius 3 is 2.80 bits per heavy atom. The molecule has 0 aliphatic carbocycles. The summed E-state index contributed by atoms with van der Waals surface area (Å²) in [4.78, 5) is 27.4. The summed E-state index contributed by atoms with van der Waals surface area (Å²) in [5, 5.41) is 2.85. The zero-order valence-corrected chi connectivity index (χ0v) is 16.3. The Bertz CT molecular complexity index is 1070. The van der Waals surface area contributed by atoms with Crippen LogP contribution in [0.15, 0.2) is 48.8 Å². The molecule has 1 amide bonds. The molecule has 3 aromatic heterocycles. The minimum absolute atomic E-state index is 0.0312. The Morgan fingerprint density at radius 1 is 1.17 bits per heavy atom. The van der Waals surface area contributed by atoms with Crippen molar-refractivity contribution in [1.82, 2.24) is 15.0 Å². The quantitative estimate of drug-likeness (QED) is 0.568. The van der Waals surface area contributed by atoms with E-state index in [-0.39, 0.29) is 17.4 Å².